The van der Waals surface area contributed by atoms with Crippen LogP contribution < -0.4 is 0 Å². The van der Waals surface area contributed by atoms with Gasteiger partial charge in [-0.15, -0.1) is 0 Å². The van der Waals surface area contributed by atoms with Gasteiger partial charge in [0.1, 0.15) is 0 Å². The number of hydrogen-bond donors (Lipinski definition) is 0. The van der Waals surface area contributed by atoms with E-state index in [0.717, 1.165) is 39.3 Å². The predicted octanol–water partition coefficient (Wildman–Crippen LogP) is 1.80. The molecule has 0 radical (unpaired) electrons. The van der Waals surface area contributed by atoms with Crippen LogP contribution in [0.1, 0.15) is 34.1 Å². The number of hydrogen-bond acceptors (Lipinski definition) is 4. The van der Waals surface area contributed by atoms with Gasteiger partial charge in [-0.05, 0) is 34.7 Å². The molecule has 0 spiro atoms. The molecule has 2 unspecified atom stereocenters. The van der Waals surface area contributed by atoms with Crippen molar-refractivity contribution in [3.05, 3.63) is 0 Å². The van der Waals surface area contributed by atoms with Crippen molar-refractivity contribution in [1.29, 1.82) is 0 Å². The van der Waals surface area contributed by atoms with Crippen LogP contribution in [-0.4, -0.2) is 68.1 Å². The van der Waals surface area contributed by atoms with Crippen molar-refractivity contribution in [3.8, 4) is 0 Å². The van der Waals surface area contributed by atoms with Gasteiger partial charge in [-0.25, -0.2) is 0 Å². The zero-order valence-electron chi connectivity index (χ0n) is 12.7. The summed E-state index contributed by atoms with van der Waals surface area (Å²) in [5.74, 6) is 0. The van der Waals surface area contributed by atoms with E-state index < -0.39 is 0 Å². The molecule has 0 amide bonds. The average molecular weight is 258 g/mol. The largest absolute Gasteiger partial charge is 0.353 e. The van der Waals surface area contributed by atoms with Gasteiger partial charge in [0, 0.05) is 51.4 Å². The van der Waals surface area contributed by atoms with Gasteiger partial charge in [-0.2, -0.15) is 0 Å². The number of piperazine rings is 1. The van der Waals surface area contributed by atoms with Crippen molar-refractivity contribution >= 4 is 0 Å². The monoisotopic (exact) mass is 258 g/mol. The molecule has 0 aromatic rings. The van der Waals surface area contributed by atoms with Crippen LogP contribution in [0.5, 0.6) is 0 Å². The summed E-state index contributed by atoms with van der Waals surface area (Å²) in [4.78, 5) is 4.99. The van der Waals surface area contributed by atoms with Crippen LogP contribution in [0.25, 0.3) is 0 Å². The first-order chi connectivity index (χ1) is 8.58. The third kappa shape index (κ3) is 4.84. The molecule has 0 N–H and O–H groups in total. The van der Waals surface area contributed by atoms with Crippen molar-refractivity contribution in [2.75, 3.05) is 39.9 Å². The molecule has 2 atom stereocenters. The highest BCUT2D eigenvalue weighted by molar-refractivity contribution is 4.82. The molecule has 1 rings (SSSR count). The van der Waals surface area contributed by atoms with Gasteiger partial charge in [0.25, 0.3) is 0 Å². The van der Waals surface area contributed by atoms with Crippen LogP contribution in [0.2, 0.25) is 0 Å². The fourth-order valence-corrected chi connectivity index (χ4v) is 2.57. The van der Waals surface area contributed by atoms with Gasteiger partial charge < -0.3 is 14.4 Å². The number of ether oxygens (including phenoxy) is 2. The Labute approximate surface area is 112 Å². The molecular formula is C14H30N2O2. The molecular weight excluding hydrogens is 228 g/mol. The molecule has 0 aromatic carbocycles. The highest BCUT2D eigenvalue weighted by atomic mass is 16.7. The fourth-order valence-electron chi connectivity index (χ4n) is 2.57. The minimum atomic E-state index is -0.0368. The van der Waals surface area contributed by atoms with E-state index in [0.29, 0.717) is 12.1 Å². The Morgan fingerprint density at radius 1 is 1.06 bits per heavy atom. The topological polar surface area (TPSA) is 24.9 Å². The van der Waals surface area contributed by atoms with Gasteiger partial charge in [0.15, 0.2) is 6.29 Å². The molecule has 0 saturated carbocycles. The molecule has 1 aliphatic rings. The van der Waals surface area contributed by atoms with Crippen molar-refractivity contribution in [1.82, 2.24) is 9.80 Å². The predicted molar refractivity (Wildman–Crippen MR) is 74.8 cm³/mol. The molecule has 1 aliphatic heterocycles. The Hall–Kier alpha value is -0.160. The maximum Gasteiger partial charge on any atom is 0.158 e. The summed E-state index contributed by atoms with van der Waals surface area (Å²) in [6.45, 7) is 13.4. The molecule has 1 fully saturated rings. The standard InChI is InChI=1S/C14H30N2O2/c1-6-17-14(18-7-2)8-9-16-10-12(3)15(5)13(4)11-16/h12-14H,6-11H2,1-5H3. The highest BCUT2D eigenvalue weighted by Crippen LogP contribution is 2.14. The van der Waals surface area contributed by atoms with Crippen LogP contribution in [0.15, 0.2) is 0 Å². The maximum atomic E-state index is 5.59. The fraction of sp³-hybridized carbons (Fsp3) is 1.00. The maximum absolute atomic E-state index is 5.59. The minimum absolute atomic E-state index is 0.0368. The molecule has 0 bridgehead atoms. The summed E-state index contributed by atoms with van der Waals surface area (Å²) in [5.41, 5.74) is 0. The van der Waals surface area contributed by atoms with Crippen molar-refractivity contribution in [2.24, 2.45) is 0 Å². The second kappa shape index (κ2) is 8.10. The third-order valence-corrected chi connectivity index (χ3v) is 3.82. The Kier molecular flexibility index (Phi) is 7.15. The molecule has 1 saturated heterocycles. The van der Waals surface area contributed by atoms with E-state index in [1.165, 1.54) is 0 Å². The second-order valence-electron chi connectivity index (χ2n) is 5.25. The van der Waals surface area contributed by atoms with E-state index in [-0.39, 0.29) is 6.29 Å². The van der Waals surface area contributed by atoms with E-state index in [4.69, 9.17) is 9.47 Å². The van der Waals surface area contributed by atoms with E-state index in [9.17, 15) is 0 Å². The first-order valence-corrected chi connectivity index (χ1v) is 7.25. The SMILES string of the molecule is CCOC(CCN1CC(C)N(C)C(C)C1)OCC. The van der Waals surface area contributed by atoms with Crippen molar-refractivity contribution in [2.45, 2.75) is 52.5 Å². The lowest BCUT2D eigenvalue weighted by atomic mass is 10.1. The van der Waals surface area contributed by atoms with Crippen LogP contribution in [0, 0.1) is 0 Å². The Bertz CT molecular complexity index is 208. The molecule has 0 aliphatic carbocycles. The van der Waals surface area contributed by atoms with Crippen molar-refractivity contribution < 1.29 is 9.47 Å². The molecule has 108 valence electrons. The van der Waals surface area contributed by atoms with E-state index in [2.05, 4.69) is 30.7 Å². The summed E-state index contributed by atoms with van der Waals surface area (Å²) in [5, 5.41) is 0. The lowest BCUT2D eigenvalue weighted by Crippen LogP contribution is -2.55. The van der Waals surface area contributed by atoms with E-state index >= 15 is 0 Å². The lowest BCUT2D eigenvalue weighted by Gasteiger charge is -2.42. The first kappa shape index (κ1) is 15.9. The number of likely N-dealkylation sites (N-methyl/N-ethyl adjacent to an activating group) is 1. The first-order valence-electron chi connectivity index (χ1n) is 7.25. The Balaban J connectivity index is 2.33. The minimum Gasteiger partial charge on any atom is -0.353 e. The molecule has 1 heterocycles. The van der Waals surface area contributed by atoms with Crippen LogP contribution in [0.4, 0.5) is 0 Å². The normalized spacial score (nSPS) is 27.0. The molecule has 18 heavy (non-hydrogen) atoms. The zero-order chi connectivity index (χ0) is 13.5. The quantitative estimate of drug-likeness (QED) is 0.650. The number of nitrogens with zero attached hydrogens (tertiary/aromatic N) is 2. The van der Waals surface area contributed by atoms with Gasteiger partial charge in [0.2, 0.25) is 0 Å². The Morgan fingerprint density at radius 3 is 2.00 bits per heavy atom. The second-order valence-corrected chi connectivity index (χ2v) is 5.25. The van der Waals surface area contributed by atoms with Crippen LogP contribution in [0.3, 0.4) is 0 Å². The van der Waals surface area contributed by atoms with Crippen LogP contribution in [-0.2, 0) is 9.47 Å². The summed E-state index contributed by atoms with van der Waals surface area (Å²) >= 11 is 0. The Morgan fingerprint density at radius 2 is 1.56 bits per heavy atom. The van der Waals surface area contributed by atoms with Gasteiger partial charge in [-0.1, -0.05) is 0 Å². The highest BCUT2D eigenvalue weighted by Gasteiger charge is 2.26. The summed E-state index contributed by atoms with van der Waals surface area (Å²) in [7, 11) is 2.22. The molecule has 4 nitrogen and oxygen atoms in total. The van der Waals surface area contributed by atoms with Gasteiger partial charge in [0.05, 0.1) is 0 Å². The molecule has 0 aromatic heterocycles. The zero-order valence-corrected chi connectivity index (χ0v) is 12.7. The third-order valence-electron chi connectivity index (χ3n) is 3.82. The summed E-state index contributed by atoms with van der Waals surface area (Å²) in [6.07, 6.45) is 0.926. The van der Waals surface area contributed by atoms with Gasteiger partial charge in [-0.3, -0.25) is 4.90 Å². The average Bonchev–Trinajstić information content (AvgIpc) is 2.33. The summed E-state index contributed by atoms with van der Waals surface area (Å²) < 4.78 is 11.2. The number of rotatable bonds is 7. The lowest BCUT2D eigenvalue weighted by molar-refractivity contribution is -0.143. The molecule has 4 heteroatoms. The van der Waals surface area contributed by atoms with Gasteiger partial charge >= 0.3 is 0 Å². The summed E-state index contributed by atoms with van der Waals surface area (Å²) in [6, 6.07) is 1.26. The van der Waals surface area contributed by atoms with E-state index in [1.807, 2.05) is 13.8 Å². The van der Waals surface area contributed by atoms with Crippen molar-refractivity contribution in [3.63, 3.8) is 0 Å². The van der Waals surface area contributed by atoms with E-state index in [1.54, 1.807) is 0 Å². The smallest absolute Gasteiger partial charge is 0.158 e. The van der Waals surface area contributed by atoms with Crippen LogP contribution >= 0.6 is 0 Å².